The van der Waals surface area contributed by atoms with Crippen molar-refractivity contribution in [3.63, 3.8) is 0 Å². The van der Waals surface area contributed by atoms with Crippen LogP contribution in [-0.4, -0.2) is 63.5 Å². The fraction of sp³-hybridized carbons (Fsp3) is 0.545. The lowest BCUT2D eigenvalue weighted by molar-refractivity contribution is -0.0409. The second-order valence-corrected chi connectivity index (χ2v) is 11.0. The van der Waals surface area contributed by atoms with Crippen LogP contribution < -0.4 is 11.3 Å². The monoisotopic (exact) mass is 521 g/mol. The number of aliphatic hydroxyl groups is 1. The van der Waals surface area contributed by atoms with Gasteiger partial charge in [-0.1, -0.05) is 0 Å². The molecule has 5 atom stereocenters. The highest BCUT2D eigenvalue weighted by molar-refractivity contribution is 7.66. The van der Waals surface area contributed by atoms with Gasteiger partial charge in [-0.2, -0.15) is 13.6 Å². The zero-order valence-electron chi connectivity index (χ0n) is 15.7. The highest BCUT2D eigenvalue weighted by Crippen LogP contribution is 2.66. The third kappa shape index (κ3) is 6.29. The number of hydrogen-bond donors (Lipinski definition) is 7. The van der Waals surface area contributed by atoms with Crippen LogP contribution in [0.3, 0.4) is 0 Å². The third-order valence-electron chi connectivity index (χ3n) is 4.07. The van der Waals surface area contributed by atoms with Gasteiger partial charge in [0.25, 0.3) is 5.56 Å². The molecule has 3 heterocycles. The smallest absolute Gasteiger partial charge is 0.373 e. The van der Waals surface area contributed by atoms with Crippen molar-refractivity contribution in [1.82, 2.24) is 19.5 Å². The molecule has 1 fully saturated rings. The molecule has 0 aromatic carbocycles. The molecule has 5 unspecified atom stereocenters. The number of nitrogens with two attached hydrogens (primary N) is 1. The van der Waals surface area contributed by atoms with Gasteiger partial charge in [0.05, 0.1) is 19.5 Å². The van der Waals surface area contributed by atoms with Crippen LogP contribution in [-0.2, 0) is 31.6 Å². The molecule has 8 N–H and O–H groups in total. The van der Waals surface area contributed by atoms with Crippen LogP contribution >= 0.6 is 23.5 Å². The number of phosphoric ester groups is 1. The first-order valence-corrected chi connectivity index (χ1v) is 13.0. The van der Waals surface area contributed by atoms with Crippen molar-refractivity contribution in [2.24, 2.45) is 5.92 Å². The molecule has 0 saturated carbocycles. The summed E-state index contributed by atoms with van der Waals surface area (Å²) in [5.74, 6) is -0.798. The third-order valence-corrected chi connectivity index (χ3v) is 7.87. The minimum absolute atomic E-state index is 0.000867. The second-order valence-electron chi connectivity index (χ2n) is 6.55. The SMILES string of the molecule is Nc1nc2c(ncn2C(O)C2CC(COP(=O)(O)OP(=O)(O)OP(=O)(O)O)CO2)c(=O)[nH]1. The summed E-state index contributed by atoms with van der Waals surface area (Å²) in [7, 11) is -16.4. The second kappa shape index (κ2) is 9.02. The number of nitrogens with one attached hydrogen (secondary N) is 1. The van der Waals surface area contributed by atoms with Gasteiger partial charge in [0.15, 0.2) is 17.4 Å². The van der Waals surface area contributed by atoms with E-state index in [0.717, 1.165) is 10.9 Å². The summed E-state index contributed by atoms with van der Waals surface area (Å²) >= 11 is 0. The Morgan fingerprint density at radius 1 is 1.25 bits per heavy atom. The quantitative estimate of drug-likeness (QED) is 0.194. The maximum absolute atomic E-state index is 11.8. The maximum Gasteiger partial charge on any atom is 0.490 e. The van der Waals surface area contributed by atoms with E-state index in [1.807, 2.05) is 0 Å². The van der Waals surface area contributed by atoms with E-state index < -0.39 is 53.9 Å². The number of aliphatic hydroxyl groups excluding tert-OH is 1. The van der Waals surface area contributed by atoms with Crippen molar-refractivity contribution in [1.29, 1.82) is 0 Å². The number of phosphoric acid groups is 3. The number of aromatic nitrogens is 4. The zero-order valence-corrected chi connectivity index (χ0v) is 18.4. The number of H-pyrrole nitrogens is 1. The molecule has 0 amide bonds. The standard InChI is InChI=1S/C11H18N5O13P3/c12-11-14-8-7(9(17)15-11)13-4-16(8)10(18)6-1-5(2-26-6)3-27-31(22,23)29-32(24,25)28-30(19,20)21/h4-6,10,18H,1-3H2,(H,22,23)(H,24,25)(H2,19,20,21)(H3,12,14,15,17). The summed E-state index contributed by atoms with van der Waals surface area (Å²) in [6, 6.07) is 0. The molecule has 0 bridgehead atoms. The minimum atomic E-state index is -5.62. The van der Waals surface area contributed by atoms with E-state index in [-0.39, 0.29) is 30.1 Å². The number of nitrogens with zero attached hydrogens (tertiary/aromatic N) is 3. The summed E-state index contributed by atoms with van der Waals surface area (Å²) in [6.45, 7) is -0.622. The summed E-state index contributed by atoms with van der Waals surface area (Å²) in [5.41, 5.74) is 4.82. The van der Waals surface area contributed by atoms with Gasteiger partial charge in [-0.15, -0.1) is 0 Å². The van der Waals surface area contributed by atoms with Crippen molar-refractivity contribution < 1.29 is 56.3 Å². The van der Waals surface area contributed by atoms with E-state index >= 15 is 0 Å². The molecule has 3 rings (SSSR count). The van der Waals surface area contributed by atoms with Gasteiger partial charge in [0.2, 0.25) is 5.95 Å². The summed E-state index contributed by atoms with van der Waals surface area (Å²) in [5, 5.41) is 10.6. The molecule has 32 heavy (non-hydrogen) atoms. The number of hydrogen-bond acceptors (Lipinski definition) is 12. The van der Waals surface area contributed by atoms with Crippen LogP contribution in [0.15, 0.2) is 11.1 Å². The Labute approximate surface area is 177 Å². The number of rotatable bonds is 9. The van der Waals surface area contributed by atoms with Gasteiger partial charge in [0.1, 0.15) is 6.10 Å². The van der Waals surface area contributed by atoms with Crippen LogP contribution in [0.2, 0.25) is 0 Å². The molecular weight excluding hydrogens is 503 g/mol. The van der Waals surface area contributed by atoms with E-state index in [9.17, 15) is 28.5 Å². The van der Waals surface area contributed by atoms with E-state index in [1.54, 1.807) is 0 Å². The van der Waals surface area contributed by atoms with E-state index in [4.69, 9.17) is 25.2 Å². The molecule has 0 aliphatic carbocycles. The molecule has 18 nitrogen and oxygen atoms in total. The highest BCUT2D eigenvalue weighted by atomic mass is 31.3. The lowest BCUT2D eigenvalue weighted by atomic mass is 10.1. The molecule has 0 radical (unpaired) electrons. The number of fused-ring (bicyclic) bond motifs is 1. The topological polar surface area (TPSA) is 279 Å². The van der Waals surface area contributed by atoms with Gasteiger partial charge in [-0.05, 0) is 6.42 Å². The molecule has 21 heteroatoms. The van der Waals surface area contributed by atoms with Gasteiger partial charge < -0.3 is 35.2 Å². The van der Waals surface area contributed by atoms with E-state index in [1.165, 1.54) is 0 Å². The van der Waals surface area contributed by atoms with E-state index in [0.29, 0.717) is 0 Å². The summed E-state index contributed by atoms with van der Waals surface area (Å²) in [6.07, 6.45) is -1.04. The number of imidazole rings is 1. The Hall–Kier alpha value is -1.52. The largest absolute Gasteiger partial charge is 0.490 e. The van der Waals surface area contributed by atoms with Crippen LogP contribution in [0.5, 0.6) is 0 Å². The van der Waals surface area contributed by atoms with Crippen LogP contribution in [0.25, 0.3) is 11.2 Å². The van der Waals surface area contributed by atoms with Crippen molar-refractivity contribution >= 4 is 40.6 Å². The molecule has 1 aliphatic heterocycles. The fourth-order valence-electron chi connectivity index (χ4n) is 2.87. The number of ether oxygens (including phenoxy) is 1. The summed E-state index contributed by atoms with van der Waals surface area (Å²) < 4.78 is 52.1. The van der Waals surface area contributed by atoms with Crippen molar-refractivity contribution in [3.05, 3.63) is 16.7 Å². The lowest BCUT2D eigenvalue weighted by Crippen LogP contribution is -2.24. The molecule has 2 aromatic rings. The normalized spacial score (nSPS) is 24.3. The first-order valence-electron chi connectivity index (χ1n) is 8.46. The molecular formula is C11H18N5O13P3. The van der Waals surface area contributed by atoms with Crippen molar-refractivity contribution in [3.8, 4) is 0 Å². The maximum atomic E-state index is 11.8. The Kier molecular flexibility index (Phi) is 7.08. The fourth-order valence-corrected chi connectivity index (χ4v) is 5.96. The Bertz CT molecular complexity index is 1190. The van der Waals surface area contributed by atoms with Crippen LogP contribution in [0.1, 0.15) is 12.6 Å². The highest BCUT2D eigenvalue weighted by Gasteiger charge is 2.42. The van der Waals surface area contributed by atoms with Crippen molar-refractivity contribution in [2.45, 2.75) is 18.8 Å². The average molecular weight is 521 g/mol. The predicted molar refractivity (Wildman–Crippen MR) is 101 cm³/mol. The Morgan fingerprint density at radius 3 is 2.59 bits per heavy atom. The lowest BCUT2D eigenvalue weighted by Gasteiger charge is -2.19. The first kappa shape index (κ1) is 25.1. The minimum Gasteiger partial charge on any atom is -0.373 e. The first-order chi connectivity index (χ1) is 14.7. The molecule has 180 valence electrons. The Balaban J connectivity index is 1.60. The number of aromatic amines is 1. The van der Waals surface area contributed by atoms with Crippen molar-refractivity contribution in [2.75, 3.05) is 18.9 Å². The number of nitrogen functional groups attached to an aromatic ring is 1. The molecule has 0 spiro atoms. The van der Waals surface area contributed by atoms with E-state index in [2.05, 4.69) is 28.1 Å². The molecule has 2 aromatic heterocycles. The summed E-state index contributed by atoms with van der Waals surface area (Å²) in [4.78, 5) is 57.5. The van der Waals surface area contributed by atoms with Gasteiger partial charge in [-0.25, -0.2) is 18.7 Å². The molecule has 1 aliphatic rings. The number of anilines is 1. The average Bonchev–Trinajstić information content (AvgIpc) is 3.23. The molecule has 1 saturated heterocycles. The zero-order chi connectivity index (χ0) is 23.9. The van der Waals surface area contributed by atoms with Gasteiger partial charge in [0, 0.05) is 5.92 Å². The van der Waals surface area contributed by atoms with Gasteiger partial charge >= 0.3 is 23.5 Å². The Morgan fingerprint density at radius 2 is 1.94 bits per heavy atom. The predicted octanol–water partition coefficient (Wildman–Crippen LogP) is -1.06. The van der Waals surface area contributed by atoms with Crippen LogP contribution in [0, 0.1) is 5.92 Å². The van der Waals surface area contributed by atoms with Crippen LogP contribution in [0.4, 0.5) is 5.95 Å². The van der Waals surface area contributed by atoms with Gasteiger partial charge in [-0.3, -0.25) is 18.9 Å².